The Hall–Kier alpha value is -3.49. The first-order valence-corrected chi connectivity index (χ1v) is 8.70. The Bertz CT molecular complexity index is 848. The average molecular weight is 388 g/mol. The van der Waals surface area contributed by atoms with Crippen LogP contribution in [0.5, 0.6) is 11.5 Å². The fraction of sp³-hybridized carbons (Fsp3) is 0.316. The fourth-order valence-corrected chi connectivity index (χ4v) is 2.47. The van der Waals surface area contributed by atoms with Gasteiger partial charge in [-0.25, -0.2) is 0 Å². The summed E-state index contributed by atoms with van der Waals surface area (Å²) in [5.41, 5.74) is 0.830. The van der Waals surface area contributed by atoms with Gasteiger partial charge < -0.3 is 29.3 Å². The van der Waals surface area contributed by atoms with Gasteiger partial charge in [-0.15, -0.1) is 0 Å². The van der Waals surface area contributed by atoms with E-state index in [1.165, 1.54) is 19.3 Å². The lowest BCUT2D eigenvalue weighted by Crippen LogP contribution is -2.36. The van der Waals surface area contributed by atoms with Crippen LogP contribution >= 0.6 is 0 Å². The molecule has 0 aliphatic carbocycles. The van der Waals surface area contributed by atoms with Gasteiger partial charge in [-0.3, -0.25) is 14.4 Å². The Morgan fingerprint density at radius 1 is 1.14 bits per heavy atom. The Morgan fingerprint density at radius 3 is 2.75 bits per heavy atom. The molecule has 1 aromatic carbocycles. The van der Waals surface area contributed by atoms with Crippen molar-refractivity contribution < 1.29 is 33.0 Å². The van der Waals surface area contributed by atoms with E-state index in [2.05, 4.69) is 10.6 Å². The molecule has 0 spiro atoms. The molecule has 2 amide bonds. The lowest BCUT2D eigenvalue weighted by Gasteiger charge is -2.14. The summed E-state index contributed by atoms with van der Waals surface area (Å²) < 4.78 is 20.5. The normalized spacial score (nSPS) is 12.9. The summed E-state index contributed by atoms with van der Waals surface area (Å²) in [6.45, 7) is 1.99. The van der Waals surface area contributed by atoms with Crippen LogP contribution in [0.3, 0.4) is 0 Å². The van der Waals surface area contributed by atoms with Crippen molar-refractivity contribution in [1.82, 2.24) is 10.6 Å². The zero-order valence-corrected chi connectivity index (χ0v) is 15.2. The number of amides is 2. The fourth-order valence-electron chi connectivity index (χ4n) is 2.47. The van der Waals surface area contributed by atoms with E-state index < -0.39 is 23.9 Å². The lowest BCUT2D eigenvalue weighted by molar-refractivity contribution is -0.154. The summed E-state index contributed by atoms with van der Waals surface area (Å²) in [6.07, 6.45) is 0.363. The van der Waals surface area contributed by atoms with Crippen molar-refractivity contribution in [3.8, 4) is 11.5 Å². The minimum atomic E-state index is -0.956. The molecule has 2 aromatic rings. The van der Waals surface area contributed by atoms with Crippen molar-refractivity contribution in [1.29, 1.82) is 0 Å². The van der Waals surface area contributed by atoms with Gasteiger partial charge in [-0.1, -0.05) is 6.07 Å². The zero-order chi connectivity index (χ0) is 19.9. The summed E-state index contributed by atoms with van der Waals surface area (Å²) in [7, 11) is 0. The van der Waals surface area contributed by atoms with Crippen molar-refractivity contribution in [2.45, 2.75) is 26.0 Å². The average Bonchev–Trinajstić information content (AvgIpc) is 3.37. The molecule has 9 heteroatoms. The predicted octanol–water partition coefficient (Wildman–Crippen LogP) is 1.38. The molecular weight excluding hydrogens is 368 g/mol. The maximum absolute atomic E-state index is 12.1. The summed E-state index contributed by atoms with van der Waals surface area (Å²) in [4.78, 5) is 35.6. The highest BCUT2D eigenvalue weighted by atomic mass is 16.7. The highest BCUT2D eigenvalue weighted by molar-refractivity contribution is 5.91. The Kier molecular flexibility index (Phi) is 6.15. The molecule has 2 heterocycles. The van der Waals surface area contributed by atoms with Gasteiger partial charge in [-0.2, -0.15) is 0 Å². The van der Waals surface area contributed by atoms with Crippen LogP contribution in [0.15, 0.2) is 41.0 Å². The van der Waals surface area contributed by atoms with Gasteiger partial charge in [0.05, 0.1) is 12.7 Å². The quantitative estimate of drug-likeness (QED) is 0.656. The van der Waals surface area contributed by atoms with Gasteiger partial charge in [0.2, 0.25) is 6.79 Å². The third kappa shape index (κ3) is 5.03. The number of furan rings is 1. The van der Waals surface area contributed by atoms with Crippen LogP contribution in [-0.2, 0) is 20.9 Å². The summed E-state index contributed by atoms with van der Waals surface area (Å²) >= 11 is 0. The van der Waals surface area contributed by atoms with Crippen molar-refractivity contribution >= 4 is 17.8 Å². The summed E-state index contributed by atoms with van der Waals surface area (Å²) in [6, 6.07) is 8.46. The number of benzene rings is 1. The smallest absolute Gasteiger partial charge is 0.308 e. The second-order valence-corrected chi connectivity index (χ2v) is 6.02. The van der Waals surface area contributed by atoms with Crippen LogP contribution in [0, 0.1) is 0 Å². The van der Waals surface area contributed by atoms with E-state index in [0.717, 1.165) is 5.56 Å². The number of hydrogen-bond donors (Lipinski definition) is 2. The van der Waals surface area contributed by atoms with Gasteiger partial charge in [0.1, 0.15) is 0 Å². The van der Waals surface area contributed by atoms with E-state index in [1.54, 1.807) is 18.2 Å². The molecule has 3 rings (SSSR count). The van der Waals surface area contributed by atoms with Crippen LogP contribution < -0.4 is 20.1 Å². The number of hydrogen-bond acceptors (Lipinski definition) is 7. The van der Waals surface area contributed by atoms with E-state index in [1.807, 2.05) is 6.07 Å². The molecule has 0 fully saturated rings. The molecule has 1 aliphatic heterocycles. The minimum Gasteiger partial charge on any atom is -0.459 e. The predicted molar refractivity (Wildman–Crippen MR) is 95.6 cm³/mol. The molecule has 0 bridgehead atoms. The molecule has 1 aromatic heterocycles. The molecule has 28 heavy (non-hydrogen) atoms. The van der Waals surface area contributed by atoms with Crippen molar-refractivity contribution in [2.24, 2.45) is 0 Å². The van der Waals surface area contributed by atoms with E-state index in [4.69, 9.17) is 18.6 Å². The molecule has 1 atom stereocenters. The first kappa shape index (κ1) is 19.3. The maximum atomic E-state index is 12.1. The van der Waals surface area contributed by atoms with Gasteiger partial charge in [-0.05, 0) is 36.8 Å². The minimum absolute atomic E-state index is 0.0633. The van der Waals surface area contributed by atoms with Gasteiger partial charge in [0, 0.05) is 13.1 Å². The topological polar surface area (TPSA) is 116 Å². The second-order valence-electron chi connectivity index (χ2n) is 6.02. The molecular formula is C19H20N2O7. The van der Waals surface area contributed by atoms with E-state index in [-0.39, 0.29) is 32.1 Å². The Labute approximate surface area is 160 Å². The number of fused-ring (bicyclic) bond motifs is 1. The van der Waals surface area contributed by atoms with Crippen LogP contribution in [0.4, 0.5) is 0 Å². The van der Waals surface area contributed by atoms with Crippen LogP contribution in [0.2, 0.25) is 0 Å². The highest BCUT2D eigenvalue weighted by Gasteiger charge is 2.19. The summed E-state index contributed by atoms with van der Waals surface area (Å²) in [5.74, 6) is 0.00685. The highest BCUT2D eigenvalue weighted by Crippen LogP contribution is 2.32. The van der Waals surface area contributed by atoms with Crippen molar-refractivity contribution in [3.05, 3.63) is 47.9 Å². The molecule has 0 saturated heterocycles. The molecule has 148 valence electrons. The van der Waals surface area contributed by atoms with Crippen LogP contribution in [0.1, 0.15) is 29.5 Å². The standard InChI is InChI=1S/C19H20N2O7/c1-12(28-17(22)6-7-20-19(24)15-3-2-8-25-15)18(23)21-10-13-4-5-14-16(9-13)27-11-26-14/h2-5,8-9,12H,6-7,10-11H2,1H3,(H,20,24)(H,21,23)/t12-/m1/s1. The molecule has 0 unspecified atom stereocenters. The van der Waals surface area contributed by atoms with Crippen LogP contribution in [0.25, 0.3) is 0 Å². The van der Waals surface area contributed by atoms with Crippen molar-refractivity contribution in [3.63, 3.8) is 0 Å². The third-order valence-corrected chi connectivity index (χ3v) is 3.94. The van der Waals surface area contributed by atoms with E-state index in [9.17, 15) is 14.4 Å². The molecule has 0 saturated carbocycles. The number of carbonyl (C=O) groups is 3. The molecule has 9 nitrogen and oxygen atoms in total. The largest absolute Gasteiger partial charge is 0.459 e. The monoisotopic (exact) mass is 388 g/mol. The SMILES string of the molecule is C[C@@H](OC(=O)CCNC(=O)c1ccco1)C(=O)NCc1ccc2c(c1)OCO2. The van der Waals surface area contributed by atoms with Gasteiger partial charge in [0.15, 0.2) is 23.4 Å². The first-order valence-electron chi connectivity index (χ1n) is 8.70. The van der Waals surface area contributed by atoms with Crippen molar-refractivity contribution in [2.75, 3.05) is 13.3 Å². The van der Waals surface area contributed by atoms with Gasteiger partial charge >= 0.3 is 5.97 Å². The molecule has 0 radical (unpaired) electrons. The van der Waals surface area contributed by atoms with Crippen LogP contribution in [-0.4, -0.2) is 37.2 Å². The zero-order valence-electron chi connectivity index (χ0n) is 15.2. The number of rotatable bonds is 8. The van der Waals surface area contributed by atoms with E-state index >= 15 is 0 Å². The Morgan fingerprint density at radius 2 is 1.96 bits per heavy atom. The van der Waals surface area contributed by atoms with E-state index in [0.29, 0.717) is 11.5 Å². The second kappa shape index (κ2) is 8.94. The maximum Gasteiger partial charge on any atom is 0.308 e. The lowest BCUT2D eigenvalue weighted by atomic mass is 10.2. The molecule has 1 aliphatic rings. The molecule has 2 N–H and O–H groups in total. The summed E-state index contributed by atoms with van der Waals surface area (Å²) in [5, 5.41) is 5.22. The first-order chi connectivity index (χ1) is 13.5. The number of nitrogens with one attached hydrogen (secondary N) is 2. The van der Waals surface area contributed by atoms with Gasteiger partial charge in [0.25, 0.3) is 11.8 Å². The number of ether oxygens (including phenoxy) is 3. The number of esters is 1. The number of carbonyl (C=O) groups excluding carboxylic acids is 3. The third-order valence-electron chi connectivity index (χ3n) is 3.94. The Balaban J connectivity index is 1.36.